The lowest BCUT2D eigenvalue weighted by atomic mass is 10.0. The van der Waals surface area contributed by atoms with E-state index in [1.165, 1.54) is 0 Å². The van der Waals surface area contributed by atoms with Crippen molar-refractivity contribution in [1.29, 1.82) is 0 Å². The molecule has 34 heavy (non-hydrogen) atoms. The van der Waals surface area contributed by atoms with Crippen molar-refractivity contribution in [3.05, 3.63) is 35.6 Å². The minimum Gasteiger partial charge on any atom is -0.493 e. The Hall–Kier alpha value is -3.59. The summed E-state index contributed by atoms with van der Waals surface area (Å²) in [5.41, 5.74) is 1.09. The van der Waals surface area contributed by atoms with Crippen molar-refractivity contribution in [2.75, 3.05) is 26.1 Å². The van der Waals surface area contributed by atoms with Gasteiger partial charge in [0.1, 0.15) is 17.0 Å². The van der Waals surface area contributed by atoms with Gasteiger partial charge in [0.05, 0.1) is 24.8 Å². The molecule has 0 fully saturated rings. The van der Waals surface area contributed by atoms with Gasteiger partial charge in [0, 0.05) is 41.3 Å². The smallest absolute Gasteiger partial charge is 0.245 e. The van der Waals surface area contributed by atoms with E-state index in [2.05, 4.69) is 20.6 Å². The second-order valence-corrected chi connectivity index (χ2v) is 8.81. The van der Waals surface area contributed by atoms with Gasteiger partial charge in [-0.1, -0.05) is 18.5 Å². The van der Waals surface area contributed by atoms with Crippen LogP contribution >= 0.6 is 11.6 Å². The highest BCUT2D eigenvalue weighted by Crippen LogP contribution is 2.37. The molecule has 3 aromatic heterocycles. The van der Waals surface area contributed by atoms with E-state index in [1.54, 1.807) is 38.7 Å². The zero-order valence-corrected chi connectivity index (χ0v) is 20.5. The maximum absolute atomic E-state index is 12.8. The maximum atomic E-state index is 12.8. The Morgan fingerprint density at radius 3 is 2.56 bits per heavy atom. The van der Waals surface area contributed by atoms with Crippen LogP contribution in [0.2, 0.25) is 5.02 Å². The predicted molar refractivity (Wildman–Crippen MR) is 134 cm³/mol. The van der Waals surface area contributed by atoms with Crippen LogP contribution in [-0.4, -0.2) is 52.1 Å². The van der Waals surface area contributed by atoms with E-state index < -0.39 is 5.54 Å². The lowest BCUT2D eigenvalue weighted by Crippen LogP contribution is -2.48. The lowest BCUT2D eigenvalue weighted by molar-refractivity contribution is -0.124. The normalized spacial score (nSPS) is 11.6. The van der Waals surface area contributed by atoms with Crippen LogP contribution in [0.1, 0.15) is 27.2 Å². The quantitative estimate of drug-likeness (QED) is 0.337. The first kappa shape index (κ1) is 23.6. The van der Waals surface area contributed by atoms with Crippen LogP contribution in [0.15, 0.2) is 30.6 Å². The molecule has 0 unspecified atom stereocenters. The van der Waals surface area contributed by atoms with E-state index in [4.69, 9.17) is 31.0 Å². The van der Waals surface area contributed by atoms with Crippen molar-refractivity contribution in [2.24, 2.45) is 0 Å². The van der Waals surface area contributed by atoms with Gasteiger partial charge in [-0.15, -0.1) is 0 Å². The topological polar surface area (TPSA) is 114 Å². The number of anilines is 1. The molecule has 0 spiro atoms. The Morgan fingerprint density at radius 2 is 1.85 bits per heavy atom. The van der Waals surface area contributed by atoms with Crippen molar-refractivity contribution >= 4 is 45.3 Å². The van der Waals surface area contributed by atoms with Gasteiger partial charge in [0.25, 0.3) is 0 Å². The highest BCUT2D eigenvalue weighted by Gasteiger charge is 2.29. The molecule has 0 bridgehead atoms. The molecule has 3 heterocycles. The van der Waals surface area contributed by atoms with Gasteiger partial charge in [-0.05, 0) is 32.4 Å². The number of amides is 1. The molecule has 10 heteroatoms. The van der Waals surface area contributed by atoms with E-state index in [-0.39, 0.29) is 5.91 Å². The third kappa shape index (κ3) is 4.43. The summed E-state index contributed by atoms with van der Waals surface area (Å²) in [6.07, 6.45) is 4.21. The van der Waals surface area contributed by atoms with E-state index >= 15 is 0 Å². The Kier molecular flexibility index (Phi) is 6.47. The van der Waals surface area contributed by atoms with Gasteiger partial charge in [-0.2, -0.15) is 0 Å². The third-order valence-corrected chi connectivity index (χ3v) is 5.68. The van der Waals surface area contributed by atoms with Crippen molar-refractivity contribution < 1.29 is 14.3 Å². The summed E-state index contributed by atoms with van der Waals surface area (Å²) in [6.45, 7) is 6.21. The molecular formula is C24H27ClN6O3. The Bertz CT molecular complexity index is 1370. The molecule has 0 radical (unpaired) electrons. The number of H-pyrrole nitrogens is 1. The molecule has 0 atom stereocenters. The highest BCUT2D eigenvalue weighted by molar-refractivity contribution is 6.31. The second-order valence-electron chi connectivity index (χ2n) is 8.38. The maximum Gasteiger partial charge on any atom is 0.245 e. The first-order valence-corrected chi connectivity index (χ1v) is 11.3. The van der Waals surface area contributed by atoms with Crippen LogP contribution in [0.3, 0.4) is 0 Å². The molecule has 3 N–H and O–H groups in total. The summed E-state index contributed by atoms with van der Waals surface area (Å²) in [5.74, 6) is 1.87. The zero-order chi connectivity index (χ0) is 24.5. The number of ether oxygens (including phenoxy) is 2. The molecule has 0 saturated carbocycles. The second kappa shape index (κ2) is 9.34. The molecule has 0 aliphatic heterocycles. The molecule has 1 aromatic carbocycles. The molecular weight excluding hydrogens is 456 g/mol. The van der Waals surface area contributed by atoms with Gasteiger partial charge in [0.2, 0.25) is 5.91 Å². The Morgan fingerprint density at radius 1 is 1.12 bits per heavy atom. The van der Waals surface area contributed by atoms with Crippen LogP contribution in [0.5, 0.6) is 11.5 Å². The van der Waals surface area contributed by atoms with E-state index in [0.717, 1.165) is 17.4 Å². The van der Waals surface area contributed by atoms with Gasteiger partial charge in [-0.25, -0.2) is 15.0 Å². The van der Waals surface area contributed by atoms with Crippen LogP contribution in [0.4, 0.5) is 5.82 Å². The first-order chi connectivity index (χ1) is 16.3. The number of fused-ring (bicyclic) bond motifs is 2. The van der Waals surface area contributed by atoms with E-state index in [9.17, 15) is 4.79 Å². The summed E-state index contributed by atoms with van der Waals surface area (Å²) in [7, 11) is 3.14. The number of carbonyl (C=O) groups excluding carboxylic acids is 1. The summed E-state index contributed by atoms with van der Waals surface area (Å²) < 4.78 is 11.0. The molecule has 0 aliphatic carbocycles. The summed E-state index contributed by atoms with van der Waals surface area (Å²) >= 11 is 6.19. The standard InChI is InChI=1S/C24H27ClN6O3/c1-6-7-26-23(32)24(2,3)31-22-15-9-18(33-4)19(34-5)10-17(15)29-21(30-22)16-12-28-20-14(16)8-13(25)11-27-20/h8-12H,6-7H2,1-5H3,(H,26,32)(H,27,28)(H,29,30,31). The van der Waals surface area contributed by atoms with Gasteiger partial charge in [0.15, 0.2) is 17.3 Å². The summed E-state index contributed by atoms with van der Waals surface area (Å²) in [4.78, 5) is 29.9. The SMILES string of the molecule is CCCNC(=O)C(C)(C)Nc1nc(-c2c[nH]c3ncc(Cl)cc23)nc2cc(OC)c(OC)cc12. The third-order valence-electron chi connectivity index (χ3n) is 5.47. The van der Waals surface area contributed by atoms with Crippen LogP contribution in [0, 0.1) is 0 Å². The summed E-state index contributed by atoms with van der Waals surface area (Å²) in [5, 5.41) is 8.23. The molecule has 0 aliphatic rings. The number of benzene rings is 1. The van der Waals surface area contributed by atoms with Crippen LogP contribution in [0.25, 0.3) is 33.3 Å². The Balaban J connectivity index is 1.91. The van der Waals surface area contributed by atoms with Gasteiger partial charge >= 0.3 is 0 Å². The monoisotopic (exact) mass is 482 g/mol. The molecule has 1 amide bonds. The van der Waals surface area contributed by atoms with Crippen molar-refractivity contribution in [3.8, 4) is 22.9 Å². The number of methoxy groups -OCH3 is 2. The van der Waals surface area contributed by atoms with Crippen LogP contribution in [-0.2, 0) is 4.79 Å². The number of carbonyl (C=O) groups is 1. The molecule has 4 rings (SSSR count). The molecule has 0 saturated heterocycles. The number of aromatic nitrogens is 4. The highest BCUT2D eigenvalue weighted by atomic mass is 35.5. The van der Waals surface area contributed by atoms with Crippen molar-refractivity contribution in [2.45, 2.75) is 32.7 Å². The summed E-state index contributed by atoms with van der Waals surface area (Å²) in [6, 6.07) is 5.40. The van der Waals surface area contributed by atoms with E-state index in [1.807, 2.05) is 26.8 Å². The number of hydrogen-bond donors (Lipinski definition) is 3. The van der Waals surface area contributed by atoms with Crippen molar-refractivity contribution in [1.82, 2.24) is 25.3 Å². The lowest BCUT2D eigenvalue weighted by Gasteiger charge is -2.26. The number of nitrogens with one attached hydrogen (secondary N) is 3. The molecule has 4 aromatic rings. The fraction of sp³-hybridized carbons (Fsp3) is 0.333. The number of pyridine rings is 1. The number of hydrogen-bond acceptors (Lipinski definition) is 7. The number of halogens is 1. The minimum absolute atomic E-state index is 0.133. The number of nitrogens with zero attached hydrogens (tertiary/aromatic N) is 3. The molecule has 9 nitrogen and oxygen atoms in total. The fourth-order valence-electron chi connectivity index (χ4n) is 3.65. The van der Waals surface area contributed by atoms with Gasteiger partial charge < -0.3 is 25.1 Å². The van der Waals surface area contributed by atoms with Crippen molar-refractivity contribution in [3.63, 3.8) is 0 Å². The first-order valence-electron chi connectivity index (χ1n) is 10.9. The van der Waals surface area contributed by atoms with Gasteiger partial charge in [-0.3, -0.25) is 4.79 Å². The zero-order valence-electron chi connectivity index (χ0n) is 19.7. The predicted octanol–water partition coefficient (Wildman–Crippen LogP) is 4.56. The largest absolute Gasteiger partial charge is 0.493 e. The number of rotatable bonds is 8. The Labute approximate surface area is 202 Å². The minimum atomic E-state index is -0.939. The van der Waals surface area contributed by atoms with E-state index in [0.29, 0.717) is 51.3 Å². The fourth-order valence-corrected chi connectivity index (χ4v) is 3.80. The average molecular weight is 483 g/mol. The number of aromatic amines is 1. The average Bonchev–Trinajstić information content (AvgIpc) is 3.24. The molecule has 178 valence electrons. The van der Waals surface area contributed by atoms with Crippen LogP contribution < -0.4 is 20.1 Å².